The Hall–Kier alpha value is -1.59. The van der Waals surface area contributed by atoms with Crippen LogP contribution in [0.25, 0.3) is 0 Å². The molecule has 0 saturated heterocycles. The molecule has 0 heterocycles. The lowest BCUT2D eigenvalue weighted by molar-refractivity contribution is -0.584. The van der Waals surface area contributed by atoms with Crippen LogP contribution >= 0.6 is 11.8 Å². The van der Waals surface area contributed by atoms with Crippen molar-refractivity contribution in [2.24, 2.45) is 0 Å². The molecular formula is C20H27NO3S. The Morgan fingerprint density at radius 1 is 1.40 bits per heavy atom. The van der Waals surface area contributed by atoms with Crippen molar-refractivity contribution in [1.82, 2.24) is 0 Å². The van der Waals surface area contributed by atoms with E-state index in [0.29, 0.717) is 32.1 Å². The van der Waals surface area contributed by atoms with E-state index in [-0.39, 0.29) is 4.92 Å². The Kier molecular flexibility index (Phi) is 7.26. The highest BCUT2D eigenvalue weighted by molar-refractivity contribution is 7.99. The highest BCUT2D eigenvalue weighted by atomic mass is 32.2. The number of nitro groups is 1. The molecule has 1 aromatic carbocycles. The number of aliphatic hydroxyl groups is 1. The van der Waals surface area contributed by atoms with Crippen LogP contribution in [0.5, 0.6) is 0 Å². The van der Waals surface area contributed by atoms with Gasteiger partial charge in [0.1, 0.15) is 6.10 Å². The van der Waals surface area contributed by atoms with Crippen LogP contribution in [0.4, 0.5) is 0 Å². The summed E-state index contributed by atoms with van der Waals surface area (Å²) in [7, 11) is 0. The van der Waals surface area contributed by atoms with Crippen molar-refractivity contribution < 1.29 is 10.0 Å². The van der Waals surface area contributed by atoms with Crippen LogP contribution < -0.4 is 0 Å². The molecule has 136 valence electrons. The zero-order valence-corrected chi connectivity index (χ0v) is 15.8. The molecule has 0 fully saturated rings. The van der Waals surface area contributed by atoms with E-state index in [1.165, 1.54) is 16.0 Å². The summed E-state index contributed by atoms with van der Waals surface area (Å²) in [5, 5.41) is 22.2. The summed E-state index contributed by atoms with van der Waals surface area (Å²) >= 11 is 1.75. The van der Waals surface area contributed by atoms with Crippen LogP contribution in [0.15, 0.2) is 58.5 Å². The third-order valence-corrected chi connectivity index (χ3v) is 5.89. The van der Waals surface area contributed by atoms with E-state index in [4.69, 9.17) is 0 Å². The molecule has 5 heteroatoms. The first-order chi connectivity index (χ1) is 11.9. The van der Waals surface area contributed by atoms with E-state index in [0.717, 1.165) is 5.75 Å². The maximum absolute atomic E-state index is 11.7. The number of thioether (sulfide) groups is 1. The Morgan fingerprint density at radius 2 is 2.12 bits per heavy atom. The van der Waals surface area contributed by atoms with Crippen LogP contribution in [0.2, 0.25) is 0 Å². The van der Waals surface area contributed by atoms with Gasteiger partial charge in [-0.3, -0.25) is 10.1 Å². The lowest BCUT2D eigenvalue weighted by Gasteiger charge is -2.32. The standard InChI is InChI=1S/C20H27NO3S/c1-16(2)7-6-10-19(22)20(21(23)24)13-11-17(12-14-20)15-25-18-8-4-3-5-9-18/h3-5,7-9,11,19,22H,6,10,12-15H2,1-2H3. The fourth-order valence-electron chi connectivity index (χ4n) is 3.11. The highest BCUT2D eigenvalue weighted by Gasteiger charge is 2.49. The normalized spacial score (nSPS) is 21.3. The molecule has 0 aliphatic heterocycles. The lowest BCUT2D eigenvalue weighted by Crippen LogP contribution is -2.50. The highest BCUT2D eigenvalue weighted by Crippen LogP contribution is 2.36. The van der Waals surface area contributed by atoms with Gasteiger partial charge in [0.2, 0.25) is 0 Å². The smallest absolute Gasteiger partial charge is 0.251 e. The topological polar surface area (TPSA) is 63.4 Å². The molecule has 2 rings (SSSR count). The SMILES string of the molecule is CC(C)=CCCC(O)C1([N+](=O)[O-])CC=C(CSc2ccccc2)CC1. The van der Waals surface area contributed by atoms with Gasteiger partial charge in [0, 0.05) is 28.4 Å². The van der Waals surface area contributed by atoms with Gasteiger partial charge in [0.05, 0.1) is 0 Å². The minimum Gasteiger partial charge on any atom is -0.386 e. The summed E-state index contributed by atoms with van der Waals surface area (Å²) in [6.45, 7) is 3.99. The molecule has 0 bridgehead atoms. The van der Waals surface area contributed by atoms with E-state index < -0.39 is 11.6 Å². The second-order valence-corrected chi connectivity index (χ2v) is 7.95. The average molecular weight is 362 g/mol. The van der Waals surface area contributed by atoms with Gasteiger partial charge in [0.25, 0.3) is 5.54 Å². The molecule has 2 atom stereocenters. The average Bonchev–Trinajstić information content (AvgIpc) is 2.60. The van der Waals surface area contributed by atoms with Crippen LogP contribution in [-0.2, 0) is 0 Å². The van der Waals surface area contributed by atoms with Crippen LogP contribution in [0.3, 0.4) is 0 Å². The third-order valence-electron chi connectivity index (χ3n) is 4.77. The van der Waals surface area contributed by atoms with Gasteiger partial charge < -0.3 is 5.11 Å². The number of aliphatic hydroxyl groups excluding tert-OH is 1. The molecule has 25 heavy (non-hydrogen) atoms. The Labute approximate surface area is 154 Å². The van der Waals surface area contributed by atoms with Gasteiger partial charge in [-0.15, -0.1) is 11.8 Å². The largest absolute Gasteiger partial charge is 0.386 e. The minimum absolute atomic E-state index is 0.252. The molecule has 0 spiro atoms. The molecular weight excluding hydrogens is 334 g/mol. The summed E-state index contributed by atoms with van der Waals surface area (Å²) in [4.78, 5) is 12.6. The molecule has 0 radical (unpaired) electrons. The van der Waals surface area contributed by atoms with Crippen molar-refractivity contribution >= 4 is 11.8 Å². The fraction of sp³-hybridized carbons (Fsp3) is 0.500. The number of hydrogen-bond acceptors (Lipinski definition) is 4. The molecule has 2 unspecified atom stereocenters. The van der Waals surface area contributed by atoms with Crippen molar-refractivity contribution in [3.05, 3.63) is 63.7 Å². The number of hydrogen-bond donors (Lipinski definition) is 1. The summed E-state index contributed by atoms with van der Waals surface area (Å²) < 4.78 is 0. The Morgan fingerprint density at radius 3 is 2.68 bits per heavy atom. The van der Waals surface area contributed by atoms with Crippen LogP contribution in [-0.4, -0.2) is 27.4 Å². The summed E-state index contributed by atoms with van der Waals surface area (Å²) in [5.41, 5.74) is 1.19. The van der Waals surface area contributed by atoms with Gasteiger partial charge in [-0.25, -0.2) is 0 Å². The summed E-state index contributed by atoms with van der Waals surface area (Å²) in [5.74, 6) is 0.853. The van der Waals surface area contributed by atoms with Crippen LogP contribution in [0.1, 0.15) is 46.0 Å². The van der Waals surface area contributed by atoms with Gasteiger partial charge in [-0.2, -0.15) is 0 Å². The van der Waals surface area contributed by atoms with Gasteiger partial charge >= 0.3 is 0 Å². The quantitative estimate of drug-likeness (QED) is 0.306. The molecule has 1 aliphatic carbocycles. The maximum Gasteiger partial charge on any atom is 0.251 e. The zero-order chi connectivity index (χ0) is 18.3. The minimum atomic E-state index is -1.23. The Bertz CT molecular complexity index is 638. The lowest BCUT2D eigenvalue weighted by atomic mass is 9.77. The van der Waals surface area contributed by atoms with Crippen molar-refractivity contribution in [1.29, 1.82) is 0 Å². The predicted molar refractivity (Wildman–Crippen MR) is 103 cm³/mol. The van der Waals surface area contributed by atoms with E-state index in [9.17, 15) is 15.2 Å². The van der Waals surface area contributed by atoms with E-state index in [2.05, 4.69) is 12.1 Å². The van der Waals surface area contributed by atoms with Crippen molar-refractivity contribution in [2.45, 2.75) is 62.5 Å². The van der Waals surface area contributed by atoms with E-state index in [1.807, 2.05) is 44.2 Å². The Balaban J connectivity index is 1.97. The molecule has 1 N–H and O–H groups in total. The molecule has 1 aliphatic rings. The molecule has 0 saturated carbocycles. The maximum atomic E-state index is 11.7. The predicted octanol–water partition coefficient (Wildman–Crippen LogP) is 5.01. The van der Waals surface area contributed by atoms with E-state index in [1.54, 1.807) is 11.8 Å². The number of allylic oxidation sites excluding steroid dienone is 2. The van der Waals surface area contributed by atoms with Crippen LogP contribution in [0, 0.1) is 10.1 Å². The molecule has 0 amide bonds. The van der Waals surface area contributed by atoms with Gasteiger partial charge in [-0.1, -0.05) is 41.5 Å². The first kappa shape index (κ1) is 19.7. The first-order valence-corrected chi connectivity index (χ1v) is 9.74. The summed E-state index contributed by atoms with van der Waals surface area (Å²) in [6.07, 6.45) is 5.63. The molecule has 1 aromatic rings. The zero-order valence-electron chi connectivity index (χ0n) is 15.0. The summed E-state index contributed by atoms with van der Waals surface area (Å²) in [6, 6.07) is 10.2. The van der Waals surface area contributed by atoms with E-state index >= 15 is 0 Å². The second-order valence-electron chi connectivity index (χ2n) is 6.90. The monoisotopic (exact) mass is 361 g/mol. The van der Waals surface area contributed by atoms with Gasteiger partial charge in [0.15, 0.2) is 0 Å². The van der Waals surface area contributed by atoms with Crippen molar-refractivity contribution in [2.75, 3.05) is 5.75 Å². The fourth-order valence-corrected chi connectivity index (χ4v) is 4.08. The first-order valence-electron chi connectivity index (χ1n) is 8.76. The second kappa shape index (κ2) is 9.20. The number of nitrogens with zero attached hydrogens (tertiary/aromatic N) is 1. The number of benzene rings is 1. The van der Waals surface area contributed by atoms with Crippen molar-refractivity contribution in [3.8, 4) is 0 Å². The molecule has 4 nitrogen and oxygen atoms in total. The number of rotatable bonds is 8. The van der Waals surface area contributed by atoms with Crippen molar-refractivity contribution in [3.63, 3.8) is 0 Å². The third kappa shape index (κ3) is 5.44. The van der Waals surface area contributed by atoms with Gasteiger partial charge in [-0.05, 0) is 45.2 Å². The molecule has 0 aromatic heterocycles.